The van der Waals surface area contributed by atoms with Crippen molar-refractivity contribution in [3.05, 3.63) is 22.4 Å². The largest absolute Gasteiger partial charge is 0.349 e. The average molecular weight is 201 g/mol. The van der Waals surface area contributed by atoms with Crippen LogP contribution in [-0.2, 0) is 4.79 Å². The van der Waals surface area contributed by atoms with Gasteiger partial charge in [-0.25, -0.2) is 0 Å². The Labute approximate surface area is 81.4 Å². The van der Waals surface area contributed by atoms with E-state index in [1.165, 1.54) is 0 Å². The summed E-state index contributed by atoms with van der Waals surface area (Å²) in [7, 11) is 0. The summed E-state index contributed by atoms with van der Waals surface area (Å²) in [6.07, 6.45) is 0. The molecule has 1 aromatic rings. The summed E-state index contributed by atoms with van der Waals surface area (Å²) in [5.41, 5.74) is 1.15. The summed E-state index contributed by atoms with van der Waals surface area (Å²) in [5, 5.41) is 6.85. The molecule has 1 amide bonds. The van der Waals surface area contributed by atoms with Gasteiger partial charge in [0.2, 0.25) is 5.91 Å². The molecule has 0 aromatic carbocycles. The van der Waals surface area contributed by atoms with Gasteiger partial charge in [0.25, 0.3) is 0 Å². The maximum Gasteiger partial charge on any atom is 0.230 e. The number of amides is 1. The predicted octanol–water partition coefficient (Wildman–Crippen LogP) is 1.86. The van der Waals surface area contributed by atoms with E-state index in [2.05, 4.69) is 17.9 Å². The van der Waals surface area contributed by atoms with Crippen molar-refractivity contribution in [3.63, 3.8) is 0 Å². The maximum absolute atomic E-state index is 10.9. The molecule has 0 fully saturated rings. The molecule has 1 rings (SSSR count). The molecule has 0 aliphatic carbocycles. The van der Waals surface area contributed by atoms with Gasteiger partial charge < -0.3 is 5.32 Å². The molecule has 66 valence electrons. The van der Waals surface area contributed by atoms with Crippen molar-refractivity contribution >= 4 is 29.9 Å². The second-order valence-corrected chi connectivity index (χ2v) is 3.60. The highest BCUT2D eigenvalue weighted by Gasteiger charge is 2.07. The van der Waals surface area contributed by atoms with Gasteiger partial charge in [-0.1, -0.05) is 0 Å². The van der Waals surface area contributed by atoms with Crippen LogP contribution in [0, 0.1) is 0 Å². The minimum absolute atomic E-state index is 0.0305. The van der Waals surface area contributed by atoms with Gasteiger partial charge in [-0.05, 0) is 29.3 Å². The lowest BCUT2D eigenvalue weighted by Gasteiger charge is -2.10. The van der Waals surface area contributed by atoms with E-state index < -0.39 is 0 Å². The first-order valence-electron chi connectivity index (χ1n) is 3.66. The van der Waals surface area contributed by atoms with E-state index in [9.17, 15) is 4.79 Å². The van der Waals surface area contributed by atoms with Crippen molar-refractivity contribution in [2.45, 2.75) is 13.0 Å². The van der Waals surface area contributed by atoms with E-state index in [4.69, 9.17) is 0 Å². The zero-order valence-corrected chi connectivity index (χ0v) is 8.49. The quantitative estimate of drug-likeness (QED) is 0.718. The van der Waals surface area contributed by atoms with E-state index in [1.807, 2.05) is 23.8 Å². The zero-order valence-electron chi connectivity index (χ0n) is 6.78. The first kappa shape index (κ1) is 9.61. The van der Waals surface area contributed by atoms with Gasteiger partial charge in [0.15, 0.2) is 0 Å². The van der Waals surface area contributed by atoms with Gasteiger partial charge in [0.05, 0.1) is 11.8 Å². The molecule has 12 heavy (non-hydrogen) atoms. The number of thiol groups is 1. The van der Waals surface area contributed by atoms with Crippen molar-refractivity contribution in [1.82, 2.24) is 5.32 Å². The van der Waals surface area contributed by atoms with Crippen LogP contribution in [0.1, 0.15) is 18.5 Å². The number of rotatable bonds is 3. The average Bonchev–Trinajstić information content (AvgIpc) is 2.56. The van der Waals surface area contributed by atoms with Gasteiger partial charge in [0.1, 0.15) is 0 Å². The molecule has 0 aliphatic heterocycles. The molecular weight excluding hydrogens is 190 g/mol. The van der Waals surface area contributed by atoms with Crippen molar-refractivity contribution in [3.8, 4) is 0 Å². The second-order valence-electron chi connectivity index (χ2n) is 2.50. The maximum atomic E-state index is 10.9. The predicted molar refractivity (Wildman–Crippen MR) is 54.7 cm³/mol. The van der Waals surface area contributed by atoms with E-state index in [0.29, 0.717) is 0 Å². The number of carbonyl (C=O) groups is 1. The molecular formula is C8H11NOS2. The van der Waals surface area contributed by atoms with E-state index in [1.54, 1.807) is 11.3 Å². The molecule has 0 saturated carbocycles. The Kier molecular flexibility index (Phi) is 3.62. The molecule has 4 heteroatoms. The highest BCUT2D eigenvalue weighted by atomic mass is 32.1. The first-order valence-corrected chi connectivity index (χ1v) is 5.24. The van der Waals surface area contributed by atoms with Crippen LogP contribution in [0.4, 0.5) is 0 Å². The van der Waals surface area contributed by atoms with Crippen molar-refractivity contribution in [2.75, 3.05) is 5.75 Å². The van der Waals surface area contributed by atoms with E-state index in [0.717, 1.165) is 5.56 Å². The molecule has 0 spiro atoms. The third kappa shape index (κ3) is 2.53. The SMILES string of the molecule is CC(NC(=O)CS)c1ccsc1. The molecule has 1 heterocycles. The van der Waals surface area contributed by atoms with E-state index in [-0.39, 0.29) is 17.7 Å². The fourth-order valence-electron chi connectivity index (χ4n) is 0.892. The zero-order chi connectivity index (χ0) is 8.97. The van der Waals surface area contributed by atoms with Crippen LogP contribution in [0.25, 0.3) is 0 Å². The van der Waals surface area contributed by atoms with Gasteiger partial charge in [-0.2, -0.15) is 24.0 Å². The number of hydrogen-bond acceptors (Lipinski definition) is 3. The van der Waals surface area contributed by atoms with Gasteiger partial charge in [-0.15, -0.1) is 0 Å². The summed E-state index contributed by atoms with van der Waals surface area (Å²) in [5.74, 6) is 0.214. The van der Waals surface area contributed by atoms with Gasteiger partial charge >= 0.3 is 0 Å². The Balaban J connectivity index is 2.49. The lowest BCUT2D eigenvalue weighted by Crippen LogP contribution is -2.27. The third-order valence-electron chi connectivity index (χ3n) is 1.56. The van der Waals surface area contributed by atoms with Crippen LogP contribution >= 0.6 is 24.0 Å². The van der Waals surface area contributed by atoms with Gasteiger partial charge in [-0.3, -0.25) is 4.79 Å². The summed E-state index contributed by atoms with van der Waals surface area (Å²) < 4.78 is 0. The van der Waals surface area contributed by atoms with Crippen molar-refractivity contribution in [2.24, 2.45) is 0 Å². The molecule has 1 N–H and O–H groups in total. The molecule has 0 aliphatic rings. The molecule has 1 unspecified atom stereocenters. The summed E-state index contributed by atoms with van der Waals surface area (Å²) in [6, 6.07) is 2.10. The summed E-state index contributed by atoms with van der Waals surface area (Å²) in [4.78, 5) is 10.9. The fraction of sp³-hybridized carbons (Fsp3) is 0.375. The molecule has 0 saturated heterocycles. The highest BCUT2D eigenvalue weighted by Crippen LogP contribution is 2.15. The normalized spacial score (nSPS) is 12.5. The molecule has 1 atom stereocenters. The Morgan fingerprint density at radius 1 is 1.83 bits per heavy atom. The number of hydrogen-bond donors (Lipinski definition) is 2. The smallest absolute Gasteiger partial charge is 0.230 e. The topological polar surface area (TPSA) is 29.1 Å². The summed E-state index contributed by atoms with van der Waals surface area (Å²) in [6.45, 7) is 1.96. The number of nitrogens with one attached hydrogen (secondary N) is 1. The Morgan fingerprint density at radius 2 is 2.58 bits per heavy atom. The van der Waals surface area contributed by atoms with Crippen molar-refractivity contribution in [1.29, 1.82) is 0 Å². The minimum Gasteiger partial charge on any atom is -0.349 e. The summed E-state index contributed by atoms with van der Waals surface area (Å²) >= 11 is 5.51. The Bertz CT molecular complexity index is 246. The van der Waals surface area contributed by atoms with Crippen LogP contribution in [-0.4, -0.2) is 11.7 Å². The minimum atomic E-state index is -0.0305. The number of thiophene rings is 1. The lowest BCUT2D eigenvalue weighted by atomic mass is 10.2. The lowest BCUT2D eigenvalue weighted by molar-refractivity contribution is -0.119. The Hall–Kier alpha value is -0.480. The molecule has 1 aromatic heterocycles. The fourth-order valence-corrected chi connectivity index (χ4v) is 1.74. The first-order chi connectivity index (χ1) is 5.74. The number of carbonyl (C=O) groups excluding carboxylic acids is 1. The molecule has 2 nitrogen and oxygen atoms in total. The monoisotopic (exact) mass is 201 g/mol. The van der Waals surface area contributed by atoms with Gasteiger partial charge in [0, 0.05) is 0 Å². The van der Waals surface area contributed by atoms with Crippen LogP contribution in [0.5, 0.6) is 0 Å². The van der Waals surface area contributed by atoms with E-state index >= 15 is 0 Å². The van der Waals surface area contributed by atoms with Crippen LogP contribution in [0.3, 0.4) is 0 Å². The highest BCUT2D eigenvalue weighted by molar-refractivity contribution is 7.81. The molecule has 0 radical (unpaired) electrons. The van der Waals surface area contributed by atoms with Crippen molar-refractivity contribution < 1.29 is 4.79 Å². The standard InChI is InChI=1S/C8H11NOS2/c1-6(9-8(10)4-11)7-2-3-12-5-7/h2-3,5-6,11H,4H2,1H3,(H,9,10). The molecule has 0 bridgehead atoms. The second kappa shape index (κ2) is 4.52. The van der Waals surface area contributed by atoms with Crippen LogP contribution in [0.2, 0.25) is 0 Å². The van der Waals surface area contributed by atoms with Crippen LogP contribution in [0.15, 0.2) is 16.8 Å². The van der Waals surface area contributed by atoms with Crippen LogP contribution < -0.4 is 5.32 Å². The Morgan fingerprint density at radius 3 is 3.08 bits per heavy atom. The third-order valence-corrected chi connectivity index (χ3v) is 2.55.